The van der Waals surface area contributed by atoms with Crippen LogP contribution >= 0.6 is 11.6 Å². The van der Waals surface area contributed by atoms with Gasteiger partial charge < -0.3 is 13.7 Å². The highest BCUT2D eigenvalue weighted by molar-refractivity contribution is 6.33. The van der Waals surface area contributed by atoms with Crippen molar-refractivity contribution in [3.63, 3.8) is 0 Å². The molecule has 0 unspecified atom stereocenters. The Morgan fingerprint density at radius 3 is 2.73 bits per heavy atom. The predicted molar refractivity (Wildman–Crippen MR) is 91.3 cm³/mol. The maximum absolute atomic E-state index is 14.0. The van der Waals surface area contributed by atoms with Gasteiger partial charge in [-0.15, -0.1) is 10.2 Å². The minimum absolute atomic E-state index is 0.0586. The smallest absolute Gasteiger partial charge is 0.258 e. The van der Waals surface area contributed by atoms with Crippen LogP contribution in [0.4, 0.5) is 4.39 Å². The first-order chi connectivity index (χ1) is 12.6. The summed E-state index contributed by atoms with van der Waals surface area (Å²) in [4.78, 5) is 14.2. The van der Waals surface area contributed by atoms with Gasteiger partial charge in [-0.2, -0.15) is 0 Å². The molecule has 0 aliphatic carbocycles. The fourth-order valence-electron chi connectivity index (χ4n) is 3.09. The number of likely N-dealkylation sites (tertiary alicyclic amines) is 1. The van der Waals surface area contributed by atoms with E-state index in [9.17, 15) is 9.18 Å². The molecule has 134 valence electrons. The molecule has 1 amide bonds. The number of rotatable bonds is 3. The molecule has 4 rings (SSSR count). The Balaban J connectivity index is 1.44. The number of amides is 1. The molecule has 6 nitrogen and oxygen atoms in total. The molecule has 2 aromatic heterocycles. The number of carbonyl (C=O) groups is 1. The molecular weight excluding hydrogens is 361 g/mol. The zero-order valence-electron chi connectivity index (χ0n) is 13.7. The van der Waals surface area contributed by atoms with Gasteiger partial charge in [0.15, 0.2) is 0 Å². The number of hydrogen-bond acceptors (Lipinski definition) is 5. The van der Waals surface area contributed by atoms with E-state index in [0.717, 1.165) is 5.56 Å². The lowest BCUT2D eigenvalue weighted by atomic mass is 9.96. The summed E-state index contributed by atoms with van der Waals surface area (Å²) < 4.78 is 24.7. The number of furan rings is 1. The molecule has 0 saturated carbocycles. The largest absolute Gasteiger partial charge is 0.472 e. The van der Waals surface area contributed by atoms with Crippen molar-refractivity contribution >= 4 is 17.5 Å². The summed E-state index contributed by atoms with van der Waals surface area (Å²) in [6, 6.07) is 5.98. The van der Waals surface area contributed by atoms with E-state index in [1.807, 2.05) is 0 Å². The van der Waals surface area contributed by atoms with Gasteiger partial charge in [0.05, 0.1) is 22.4 Å². The highest BCUT2D eigenvalue weighted by Gasteiger charge is 2.30. The Bertz CT molecular complexity index is 897. The molecule has 0 bridgehead atoms. The van der Waals surface area contributed by atoms with E-state index in [0.29, 0.717) is 37.7 Å². The average molecular weight is 376 g/mol. The lowest BCUT2D eigenvalue weighted by Crippen LogP contribution is -2.38. The first-order valence-corrected chi connectivity index (χ1v) is 8.60. The maximum atomic E-state index is 14.0. The van der Waals surface area contributed by atoms with Crippen LogP contribution in [0, 0.1) is 5.82 Å². The Hall–Kier alpha value is -2.67. The van der Waals surface area contributed by atoms with E-state index in [2.05, 4.69) is 10.2 Å². The molecule has 0 spiro atoms. The van der Waals surface area contributed by atoms with E-state index in [1.54, 1.807) is 11.0 Å². The number of nitrogens with zero attached hydrogens (tertiary/aromatic N) is 3. The summed E-state index contributed by atoms with van der Waals surface area (Å²) in [6.45, 7) is 0.940. The van der Waals surface area contributed by atoms with Crippen molar-refractivity contribution in [3.05, 3.63) is 59.1 Å². The minimum atomic E-state index is -0.605. The number of halogens is 2. The van der Waals surface area contributed by atoms with Gasteiger partial charge in [0, 0.05) is 19.0 Å². The van der Waals surface area contributed by atoms with E-state index in [4.69, 9.17) is 20.4 Å². The second kappa shape index (κ2) is 6.92. The van der Waals surface area contributed by atoms with E-state index in [1.165, 1.54) is 30.7 Å². The molecular formula is C18H15ClFN3O3. The molecule has 1 aliphatic heterocycles. The molecule has 0 atom stereocenters. The Kier molecular flexibility index (Phi) is 4.46. The second-order valence-electron chi connectivity index (χ2n) is 6.12. The Morgan fingerprint density at radius 1 is 1.23 bits per heavy atom. The summed E-state index contributed by atoms with van der Waals surface area (Å²) in [7, 11) is 0. The Labute approximate surface area is 153 Å². The summed E-state index contributed by atoms with van der Waals surface area (Å²) in [5.74, 6) is 0.00774. The standard InChI is InChI=1S/C18H15ClFN3O3/c19-13-2-1-3-14(20)15(13)18(24)23-7-4-11(5-8-23)16-21-22-17(26-16)12-6-9-25-10-12/h1-3,6,9-11H,4-5,7-8H2. The molecule has 0 radical (unpaired) electrons. The van der Waals surface area contributed by atoms with Crippen LogP contribution < -0.4 is 0 Å². The molecule has 0 N–H and O–H groups in total. The fraction of sp³-hybridized carbons (Fsp3) is 0.278. The highest BCUT2D eigenvalue weighted by atomic mass is 35.5. The third-order valence-corrected chi connectivity index (χ3v) is 4.83. The molecule has 3 aromatic rings. The van der Waals surface area contributed by atoms with Crippen LogP contribution in [0.1, 0.15) is 35.0 Å². The van der Waals surface area contributed by atoms with Crippen LogP contribution in [0.5, 0.6) is 0 Å². The van der Waals surface area contributed by atoms with Crippen molar-refractivity contribution in [1.29, 1.82) is 0 Å². The number of carbonyl (C=O) groups excluding carboxylic acids is 1. The van der Waals surface area contributed by atoms with Crippen LogP contribution in [0.15, 0.2) is 45.6 Å². The zero-order valence-corrected chi connectivity index (χ0v) is 14.4. The van der Waals surface area contributed by atoms with Crippen LogP contribution in [-0.4, -0.2) is 34.1 Å². The molecule has 26 heavy (non-hydrogen) atoms. The van der Waals surface area contributed by atoms with Gasteiger partial charge in [-0.3, -0.25) is 4.79 Å². The van der Waals surface area contributed by atoms with E-state index in [-0.39, 0.29) is 16.5 Å². The minimum Gasteiger partial charge on any atom is -0.472 e. The summed E-state index contributed by atoms with van der Waals surface area (Å²) in [5.41, 5.74) is 0.651. The number of piperidine rings is 1. The molecule has 3 heterocycles. The van der Waals surface area contributed by atoms with Gasteiger partial charge in [-0.25, -0.2) is 4.39 Å². The summed E-state index contributed by atoms with van der Waals surface area (Å²) >= 11 is 5.99. The van der Waals surface area contributed by atoms with Gasteiger partial charge in [0.1, 0.15) is 12.1 Å². The lowest BCUT2D eigenvalue weighted by Gasteiger charge is -2.30. The van der Waals surface area contributed by atoms with E-state index >= 15 is 0 Å². The van der Waals surface area contributed by atoms with Gasteiger partial charge in [-0.05, 0) is 31.0 Å². The van der Waals surface area contributed by atoms with Crippen LogP contribution in [-0.2, 0) is 0 Å². The second-order valence-corrected chi connectivity index (χ2v) is 6.53. The molecule has 1 saturated heterocycles. The molecule has 1 aromatic carbocycles. The van der Waals surface area contributed by atoms with Crippen LogP contribution in [0.3, 0.4) is 0 Å². The van der Waals surface area contributed by atoms with Gasteiger partial charge in [-0.1, -0.05) is 17.7 Å². The first-order valence-electron chi connectivity index (χ1n) is 8.22. The SMILES string of the molecule is O=C(c1c(F)cccc1Cl)N1CCC(c2nnc(-c3ccoc3)o2)CC1. The summed E-state index contributed by atoms with van der Waals surface area (Å²) in [5, 5.41) is 8.27. The van der Waals surface area contributed by atoms with Crippen molar-refractivity contribution in [2.24, 2.45) is 0 Å². The number of benzene rings is 1. The molecule has 1 fully saturated rings. The number of hydrogen-bond donors (Lipinski definition) is 0. The zero-order chi connectivity index (χ0) is 18.1. The number of aromatic nitrogens is 2. The molecule has 8 heteroatoms. The van der Waals surface area contributed by atoms with Crippen molar-refractivity contribution in [2.45, 2.75) is 18.8 Å². The van der Waals surface area contributed by atoms with E-state index < -0.39 is 11.7 Å². The lowest BCUT2D eigenvalue weighted by molar-refractivity contribution is 0.0702. The van der Waals surface area contributed by atoms with Crippen molar-refractivity contribution in [2.75, 3.05) is 13.1 Å². The van der Waals surface area contributed by atoms with Gasteiger partial charge in [0.2, 0.25) is 5.89 Å². The average Bonchev–Trinajstić information content (AvgIpc) is 3.33. The third-order valence-electron chi connectivity index (χ3n) is 4.52. The van der Waals surface area contributed by atoms with Crippen molar-refractivity contribution in [1.82, 2.24) is 15.1 Å². The van der Waals surface area contributed by atoms with Gasteiger partial charge >= 0.3 is 0 Å². The first kappa shape index (κ1) is 16.8. The van der Waals surface area contributed by atoms with Crippen LogP contribution in [0.25, 0.3) is 11.5 Å². The fourth-order valence-corrected chi connectivity index (χ4v) is 3.34. The topological polar surface area (TPSA) is 72.4 Å². The normalized spacial score (nSPS) is 15.4. The van der Waals surface area contributed by atoms with Crippen LogP contribution in [0.2, 0.25) is 5.02 Å². The molecule has 1 aliphatic rings. The Morgan fingerprint density at radius 2 is 2.04 bits per heavy atom. The predicted octanol–water partition coefficient (Wildman–Crippen LogP) is 4.14. The highest BCUT2D eigenvalue weighted by Crippen LogP contribution is 2.31. The third kappa shape index (κ3) is 3.10. The monoisotopic (exact) mass is 375 g/mol. The van der Waals surface area contributed by atoms with Crippen molar-refractivity contribution in [3.8, 4) is 11.5 Å². The summed E-state index contributed by atoms with van der Waals surface area (Å²) in [6.07, 6.45) is 4.39. The maximum Gasteiger partial charge on any atom is 0.258 e. The quantitative estimate of drug-likeness (QED) is 0.687. The van der Waals surface area contributed by atoms with Crippen molar-refractivity contribution < 1.29 is 18.0 Å². The van der Waals surface area contributed by atoms with Gasteiger partial charge in [0.25, 0.3) is 11.8 Å².